The number of likely N-dealkylation sites (N-methyl/N-ethyl adjacent to an activating group) is 1. The number of hydrogen-bond donors (Lipinski definition) is 2. The molecule has 208 valence electrons. The topological polar surface area (TPSA) is 103 Å². The van der Waals surface area contributed by atoms with Crippen molar-refractivity contribution >= 4 is 22.5 Å². The number of aromatic nitrogens is 4. The molecule has 3 aromatic carbocycles. The van der Waals surface area contributed by atoms with Gasteiger partial charge in [-0.15, -0.1) is 0 Å². The molecule has 1 fully saturated rings. The van der Waals surface area contributed by atoms with Crippen LogP contribution in [0.25, 0.3) is 28.0 Å². The Labute approximate surface area is 239 Å². The number of nitrogen functional groups attached to an aromatic ring is 1. The third-order valence-corrected chi connectivity index (χ3v) is 7.01. The first-order valence-corrected chi connectivity index (χ1v) is 13.8. The molecule has 6 rings (SSSR count). The first-order chi connectivity index (χ1) is 20.2. The predicted molar refractivity (Wildman–Crippen MR) is 162 cm³/mol. The predicted octanol–water partition coefficient (Wildman–Crippen LogP) is 5.89. The van der Waals surface area contributed by atoms with Crippen molar-refractivity contribution in [1.29, 1.82) is 0 Å². The van der Waals surface area contributed by atoms with Gasteiger partial charge < -0.3 is 20.5 Å². The molecule has 0 bridgehead atoms. The molecule has 0 spiro atoms. The molecule has 2 heterocycles. The van der Waals surface area contributed by atoms with Crippen molar-refractivity contribution in [2.45, 2.75) is 18.9 Å². The van der Waals surface area contributed by atoms with E-state index in [0.717, 1.165) is 41.0 Å². The molecule has 1 aliphatic rings. The number of nitrogens with two attached hydrogens (primary N) is 1. The van der Waals surface area contributed by atoms with E-state index >= 15 is 0 Å². The lowest BCUT2D eigenvalue weighted by molar-refractivity contribution is 0.182. The van der Waals surface area contributed by atoms with Crippen molar-refractivity contribution in [1.82, 2.24) is 24.6 Å². The Hall–Kier alpha value is -4.73. The van der Waals surface area contributed by atoms with Crippen molar-refractivity contribution in [3.63, 3.8) is 0 Å². The van der Waals surface area contributed by atoms with Crippen molar-refractivity contribution < 1.29 is 9.47 Å². The normalized spacial score (nSPS) is 13.3. The van der Waals surface area contributed by atoms with Crippen molar-refractivity contribution in [2.75, 3.05) is 38.0 Å². The van der Waals surface area contributed by atoms with E-state index in [9.17, 15) is 0 Å². The van der Waals surface area contributed by atoms with Gasteiger partial charge in [0.15, 0.2) is 5.65 Å². The maximum atomic E-state index is 6.33. The average molecular weight is 548 g/mol. The third-order valence-electron chi connectivity index (χ3n) is 7.01. The number of fused-ring (bicyclic) bond motifs is 1. The van der Waals surface area contributed by atoms with E-state index in [1.807, 2.05) is 78.9 Å². The Balaban J connectivity index is 1.16. The van der Waals surface area contributed by atoms with Crippen LogP contribution in [0.3, 0.4) is 0 Å². The zero-order valence-electron chi connectivity index (χ0n) is 23.0. The van der Waals surface area contributed by atoms with Crippen LogP contribution >= 0.6 is 0 Å². The van der Waals surface area contributed by atoms with Gasteiger partial charge in [0, 0.05) is 23.8 Å². The van der Waals surface area contributed by atoms with Gasteiger partial charge in [-0.25, -0.2) is 14.6 Å². The van der Waals surface area contributed by atoms with Gasteiger partial charge in [-0.05, 0) is 74.5 Å². The Morgan fingerprint density at radius 2 is 1.78 bits per heavy atom. The number of rotatable bonds is 12. The maximum absolute atomic E-state index is 6.33. The first kappa shape index (κ1) is 26.5. The fourth-order valence-electron chi connectivity index (χ4n) is 4.64. The van der Waals surface area contributed by atoms with Crippen LogP contribution in [0.4, 0.5) is 11.5 Å². The van der Waals surface area contributed by atoms with Gasteiger partial charge >= 0.3 is 0 Å². The molecule has 41 heavy (non-hydrogen) atoms. The van der Waals surface area contributed by atoms with E-state index in [2.05, 4.69) is 39.4 Å². The summed E-state index contributed by atoms with van der Waals surface area (Å²) in [4.78, 5) is 11.1. The van der Waals surface area contributed by atoms with Gasteiger partial charge in [-0.2, -0.15) is 5.10 Å². The summed E-state index contributed by atoms with van der Waals surface area (Å²) >= 11 is 0. The van der Waals surface area contributed by atoms with Crippen molar-refractivity contribution in [3.05, 3.63) is 97.3 Å². The van der Waals surface area contributed by atoms with Crippen LogP contribution in [0.1, 0.15) is 12.8 Å². The third kappa shape index (κ3) is 6.37. The van der Waals surface area contributed by atoms with E-state index in [0.29, 0.717) is 35.9 Å². The van der Waals surface area contributed by atoms with Crippen LogP contribution in [0, 0.1) is 0 Å². The maximum Gasteiger partial charge on any atom is 0.169 e. The van der Waals surface area contributed by atoms with E-state index < -0.39 is 0 Å². The molecular weight excluding hydrogens is 514 g/mol. The standard InChI is InChI=1S/C32H33N7O2/c1-38(25-14-15-25)18-5-6-19-40-22-36-24-8-7-9-26(20-24)39-32-29(31(33)34-21-35-32)30(37-39)23-12-16-28(17-13-23)41-27-10-3-2-4-11-27/h2-13,16-17,20-21,25,36H,14-15,18-19,22H2,1H3,(H2,33,34,35). The number of nitrogens with one attached hydrogen (secondary N) is 1. The molecule has 0 unspecified atom stereocenters. The van der Waals surface area contributed by atoms with Gasteiger partial charge in [0.1, 0.15) is 36.1 Å². The number of benzene rings is 3. The Morgan fingerprint density at radius 3 is 2.59 bits per heavy atom. The molecule has 1 aliphatic carbocycles. The summed E-state index contributed by atoms with van der Waals surface area (Å²) in [7, 11) is 2.17. The highest BCUT2D eigenvalue weighted by molar-refractivity contribution is 5.99. The van der Waals surface area contributed by atoms with Crippen LogP contribution in [-0.2, 0) is 4.74 Å². The summed E-state index contributed by atoms with van der Waals surface area (Å²) in [5.74, 6) is 1.88. The Kier molecular flexibility index (Phi) is 7.88. The molecule has 1 saturated carbocycles. The highest BCUT2D eigenvalue weighted by Crippen LogP contribution is 2.33. The Morgan fingerprint density at radius 1 is 0.976 bits per heavy atom. The SMILES string of the molecule is CN(CC=CCOCNc1cccc(-n2nc(-c3ccc(Oc4ccccc4)cc3)c3c(N)ncnc32)c1)C1CC1. The summed E-state index contributed by atoms with van der Waals surface area (Å²) in [6.45, 7) is 1.91. The largest absolute Gasteiger partial charge is 0.457 e. The number of ether oxygens (including phenoxy) is 2. The van der Waals surface area contributed by atoms with Crippen LogP contribution in [0.15, 0.2) is 97.3 Å². The first-order valence-electron chi connectivity index (χ1n) is 13.8. The lowest BCUT2D eigenvalue weighted by Gasteiger charge is -2.12. The van der Waals surface area contributed by atoms with Crippen LogP contribution in [0.2, 0.25) is 0 Å². The minimum atomic E-state index is 0.375. The molecule has 2 aromatic heterocycles. The second-order valence-electron chi connectivity index (χ2n) is 10.0. The van der Waals surface area contributed by atoms with Crippen molar-refractivity contribution in [2.24, 2.45) is 0 Å². The minimum absolute atomic E-state index is 0.375. The number of hydrogen-bond acceptors (Lipinski definition) is 8. The molecule has 9 heteroatoms. The summed E-state index contributed by atoms with van der Waals surface area (Å²) in [6.07, 6.45) is 8.33. The van der Waals surface area contributed by atoms with E-state index in [1.165, 1.54) is 19.2 Å². The van der Waals surface area contributed by atoms with E-state index in [4.69, 9.17) is 20.3 Å². The van der Waals surface area contributed by atoms with Gasteiger partial charge in [0.2, 0.25) is 0 Å². The molecule has 0 radical (unpaired) electrons. The van der Waals surface area contributed by atoms with E-state index in [-0.39, 0.29) is 0 Å². The van der Waals surface area contributed by atoms with Gasteiger partial charge in [-0.3, -0.25) is 4.90 Å². The molecule has 0 amide bonds. The molecule has 5 aromatic rings. The molecule has 0 atom stereocenters. The van der Waals surface area contributed by atoms with Gasteiger partial charge in [0.25, 0.3) is 0 Å². The zero-order valence-corrected chi connectivity index (χ0v) is 23.0. The average Bonchev–Trinajstić information content (AvgIpc) is 3.78. The smallest absolute Gasteiger partial charge is 0.169 e. The zero-order chi connectivity index (χ0) is 28.0. The molecule has 9 nitrogen and oxygen atoms in total. The lowest BCUT2D eigenvalue weighted by Crippen LogP contribution is -2.20. The fourth-order valence-corrected chi connectivity index (χ4v) is 4.64. The second kappa shape index (κ2) is 12.2. The van der Waals surface area contributed by atoms with Gasteiger partial charge in [-0.1, -0.05) is 36.4 Å². The fraction of sp³-hybridized carbons (Fsp3) is 0.219. The monoisotopic (exact) mass is 547 g/mol. The number of anilines is 2. The van der Waals surface area contributed by atoms with Crippen LogP contribution < -0.4 is 15.8 Å². The van der Waals surface area contributed by atoms with Crippen molar-refractivity contribution in [3.8, 4) is 28.4 Å². The van der Waals surface area contributed by atoms with E-state index in [1.54, 1.807) is 4.68 Å². The number of nitrogens with zero attached hydrogens (tertiary/aromatic N) is 5. The quantitative estimate of drug-likeness (QED) is 0.113. The highest BCUT2D eigenvalue weighted by atomic mass is 16.5. The Bertz CT molecular complexity index is 1630. The molecule has 0 saturated heterocycles. The van der Waals surface area contributed by atoms with Crippen LogP contribution in [0.5, 0.6) is 11.5 Å². The summed E-state index contributed by atoms with van der Waals surface area (Å²) < 4.78 is 13.5. The summed E-state index contributed by atoms with van der Waals surface area (Å²) in [6, 6.07) is 26.2. The highest BCUT2D eigenvalue weighted by Gasteiger charge is 2.24. The summed E-state index contributed by atoms with van der Waals surface area (Å²) in [5.41, 5.74) is 10.3. The van der Waals surface area contributed by atoms with Crippen LogP contribution in [-0.4, -0.2) is 57.6 Å². The molecule has 3 N–H and O–H groups in total. The number of para-hydroxylation sites is 1. The molecular formula is C32H33N7O2. The second-order valence-corrected chi connectivity index (χ2v) is 10.0. The lowest BCUT2D eigenvalue weighted by atomic mass is 10.1. The summed E-state index contributed by atoms with van der Waals surface area (Å²) in [5, 5.41) is 8.95. The van der Waals surface area contributed by atoms with Gasteiger partial charge in [0.05, 0.1) is 17.7 Å². The minimum Gasteiger partial charge on any atom is -0.457 e. The molecule has 0 aliphatic heterocycles.